The highest BCUT2D eigenvalue weighted by atomic mass is 32.2. The van der Waals surface area contributed by atoms with Gasteiger partial charge in [-0.05, 0) is 31.2 Å². The van der Waals surface area contributed by atoms with Gasteiger partial charge in [-0.1, -0.05) is 37.7 Å². The molecule has 0 saturated carbocycles. The van der Waals surface area contributed by atoms with Crippen LogP contribution in [0.15, 0.2) is 28.8 Å². The molecular formula is C17H17F3N2O4S. The van der Waals surface area contributed by atoms with Crippen molar-refractivity contribution in [2.75, 3.05) is 5.32 Å². The largest absolute Gasteiger partial charge is 0.573 e. The summed E-state index contributed by atoms with van der Waals surface area (Å²) in [4.78, 5) is 24.9. The number of halogens is 3. The number of hydrogen-bond acceptors (Lipinski definition) is 6. The Morgan fingerprint density at radius 1 is 1.15 bits per heavy atom. The summed E-state index contributed by atoms with van der Waals surface area (Å²) in [5.74, 6) is -0.919. The van der Waals surface area contributed by atoms with E-state index in [1.54, 1.807) is 0 Å². The van der Waals surface area contributed by atoms with Gasteiger partial charge in [-0.25, -0.2) is 0 Å². The summed E-state index contributed by atoms with van der Waals surface area (Å²) in [5.41, 5.74) is 0.0892. The Bertz CT molecular complexity index is 839. The van der Waals surface area contributed by atoms with E-state index >= 15 is 0 Å². The van der Waals surface area contributed by atoms with Crippen LogP contribution in [0.4, 0.5) is 18.9 Å². The molecule has 2 aromatic rings. The number of hydrogen-bond donors (Lipinski definition) is 1. The molecule has 0 fully saturated rings. The van der Waals surface area contributed by atoms with Gasteiger partial charge in [0, 0.05) is 10.4 Å². The first kappa shape index (κ1) is 20.8. The van der Waals surface area contributed by atoms with Crippen LogP contribution in [0, 0.1) is 6.92 Å². The van der Waals surface area contributed by atoms with E-state index in [0.717, 1.165) is 23.9 Å². The van der Waals surface area contributed by atoms with Gasteiger partial charge in [-0.15, -0.1) is 13.2 Å². The van der Waals surface area contributed by atoms with E-state index in [4.69, 9.17) is 4.52 Å². The van der Waals surface area contributed by atoms with Crippen molar-refractivity contribution in [1.29, 1.82) is 0 Å². The van der Waals surface area contributed by atoms with Gasteiger partial charge in [0.15, 0.2) is 5.69 Å². The number of benzene rings is 1. The zero-order valence-corrected chi connectivity index (χ0v) is 15.7. The third-order valence-electron chi connectivity index (χ3n) is 3.03. The van der Waals surface area contributed by atoms with Gasteiger partial charge in [0.2, 0.25) is 5.12 Å². The molecule has 0 radical (unpaired) electrons. The Labute approximate surface area is 157 Å². The monoisotopic (exact) mass is 402 g/mol. The zero-order chi connectivity index (χ0) is 20.4. The average molecular weight is 402 g/mol. The van der Waals surface area contributed by atoms with E-state index in [0.29, 0.717) is 0 Å². The molecule has 0 aliphatic heterocycles. The number of anilines is 1. The van der Waals surface area contributed by atoms with Crippen molar-refractivity contribution in [2.24, 2.45) is 0 Å². The number of amides is 1. The number of carbonyl (C=O) groups excluding carboxylic acids is 2. The maximum Gasteiger partial charge on any atom is 0.573 e. The third-order valence-corrected chi connectivity index (χ3v) is 4.02. The summed E-state index contributed by atoms with van der Waals surface area (Å²) in [5, 5.41) is 5.74. The fourth-order valence-corrected chi connectivity index (χ4v) is 2.83. The maximum absolute atomic E-state index is 12.5. The smallest absolute Gasteiger partial charge is 0.406 e. The van der Waals surface area contributed by atoms with Gasteiger partial charge in [0.25, 0.3) is 5.91 Å². The predicted molar refractivity (Wildman–Crippen MR) is 94.0 cm³/mol. The Morgan fingerprint density at radius 3 is 2.26 bits per heavy atom. The van der Waals surface area contributed by atoms with Crippen LogP contribution in [0.3, 0.4) is 0 Å². The van der Waals surface area contributed by atoms with Gasteiger partial charge < -0.3 is 14.6 Å². The molecule has 0 unspecified atom stereocenters. The Kier molecular flexibility index (Phi) is 5.88. The van der Waals surface area contributed by atoms with Crippen LogP contribution in [0.1, 0.15) is 47.4 Å². The van der Waals surface area contributed by atoms with Gasteiger partial charge in [0.05, 0.1) is 0 Å². The number of carbonyl (C=O) groups is 2. The molecule has 1 N–H and O–H groups in total. The van der Waals surface area contributed by atoms with E-state index in [1.165, 1.54) is 19.1 Å². The molecule has 2 rings (SSSR count). The van der Waals surface area contributed by atoms with Crippen LogP contribution in [-0.2, 0) is 0 Å². The Morgan fingerprint density at radius 2 is 1.74 bits per heavy atom. The Balaban J connectivity index is 2.17. The van der Waals surface area contributed by atoms with E-state index in [2.05, 4.69) is 15.2 Å². The molecule has 0 aliphatic rings. The van der Waals surface area contributed by atoms with Crippen LogP contribution >= 0.6 is 11.8 Å². The topological polar surface area (TPSA) is 81.4 Å². The molecule has 6 nitrogen and oxygen atoms in total. The van der Waals surface area contributed by atoms with Crippen LogP contribution in [0.5, 0.6) is 5.75 Å². The minimum Gasteiger partial charge on any atom is -0.406 e. The van der Waals surface area contributed by atoms with E-state index in [1.807, 2.05) is 20.8 Å². The second kappa shape index (κ2) is 7.63. The first-order valence-electron chi connectivity index (χ1n) is 7.72. The number of alkyl halides is 3. The van der Waals surface area contributed by atoms with Crippen molar-refractivity contribution in [1.82, 2.24) is 5.16 Å². The first-order valence-corrected chi connectivity index (χ1v) is 8.54. The summed E-state index contributed by atoms with van der Waals surface area (Å²) in [6.45, 7) is 7.01. The van der Waals surface area contributed by atoms with Crippen LogP contribution < -0.4 is 10.1 Å². The normalized spacial score (nSPS) is 12.0. The van der Waals surface area contributed by atoms with Crippen molar-refractivity contribution >= 4 is 28.5 Å². The van der Waals surface area contributed by atoms with E-state index < -0.39 is 23.1 Å². The van der Waals surface area contributed by atoms with Gasteiger partial charge in [-0.3, -0.25) is 9.59 Å². The van der Waals surface area contributed by atoms with Crippen LogP contribution in [0.2, 0.25) is 0 Å². The second-order valence-electron chi connectivity index (χ2n) is 6.49. The fourth-order valence-electron chi connectivity index (χ4n) is 2.04. The quantitative estimate of drug-likeness (QED) is 0.791. The average Bonchev–Trinajstić information content (AvgIpc) is 2.88. The molecule has 0 spiro atoms. The first-order chi connectivity index (χ1) is 12.4. The number of nitrogens with zero attached hydrogens (tertiary/aromatic N) is 1. The van der Waals surface area contributed by atoms with Crippen molar-refractivity contribution in [3.8, 4) is 5.75 Å². The molecule has 1 aromatic heterocycles. The standard InChI is InChI=1S/C17H17F3N2O4S/c1-9-12(13(22-26-9)15(24)27-16(2,3)4)14(23)21-10-5-7-11(8-6-10)25-17(18,19)20/h5-8H,1-4H3,(H,21,23). The predicted octanol–water partition coefficient (Wildman–Crippen LogP) is 4.81. The molecule has 1 aromatic carbocycles. The molecule has 0 atom stereocenters. The van der Waals surface area contributed by atoms with Gasteiger partial charge in [-0.2, -0.15) is 0 Å². The zero-order valence-electron chi connectivity index (χ0n) is 14.9. The fraction of sp³-hybridized carbons (Fsp3) is 0.353. The van der Waals surface area contributed by atoms with E-state index in [-0.39, 0.29) is 27.5 Å². The van der Waals surface area contributed by atoms with Crippen molar-refractivity contribution in [3.05, 3.63) is 41.3 Å². The third kappa shape index (κ3) is 6.02. The molecule has 0 bridgehead atoms. The summed E-state index contributed by atoms with van der Waals surface area (Å²) in [6, 6.07) is 4.61. The SMILES string of the molecule is Cc1onc(C(=O)SC(C)(C)C)c1C(=O)Nc1ccc(OC(F)(F)F)cc1. The molecule has 146 valence electrons. The minimum absolute atomic E-state index is 0.0210. The lowest BCUT2D eigenvalue weighted by molar-refractivity contribution is -0.274. The number of ether oxygens (including phenoxy) is 1. The number of rotatable bonds is 4. The summed E-state index contributed by atoms with van der Waals surface area (Å²) >= 11 is 1.00. The maximum atomic E-state index is 12.5. The summed E-state index contributed by atoms with van der Waals surface area (Å²) in [6.07, 6.45) is -4.80. The molecule has 27 heavy (non-hydrogen) atoms. The highest BCUT2D eigenvalue weighted by Crippen LogP contribution is 2.29. The summed E-state index contributed by atoms with van der Waals surface area (Å²) in [7, 11) is 0. The van der Waals surface area contributed by atoms with Gasteiger partial charge in [0.1, 0.15) is 17.1 Å². The minimum atomic E-state index is -4.80. The van der Waals surface area contributed by atoms with Gasteiger partial charge >= 0.3 is 6.36 Å². The number of aromatic nitrogens is 1. The lowest BCUT2D eigenvalue weighted by Gasteiger charge is -2.15. The van der Waals surface area contributed by atoms with Crippen LogP contribution in [-0.4, -0.2) is 27.3 Å². The lowest BCUT2D eigenvalue weighted by atomic mass is 10.2. The Hall–Kier alpha value is -2.49. The second-order valence-corrected chi connectivity index (χ2v) is 8.29. The van der Waals surface area contributed by atoms with Crippen molar-refractivity contribution < 1.29 is 32.0 Å². The highest BCUT2D eigenvalue weighted by molar-refractivity contribution is 8.15. The van der Waals surface area contributed by atoms with Crippen molar-refractivity contribution in [3.63, 3.8) is 0 Å². The molecule has 1 amide bonds. The lowest BCUT2D eigenvalue weighted by Crippen LogP contribution is -2.18. The molecular weight excluding hydrogens is 385 g/mol. The molecule has 0 aliphatic carbocycles. The highest BCUT2D eigenvalue weighted by Gasteiger charge is 2.31. The number of thioether (sulfide) groups is 1. The molecule has 1 heterocycles. The van der Waals surface area contributed by atoms with Crippen LogP contribution in [0.25, 0.3) is 0 Å². The molecule has 10 heteroatoms. The summed E-state index contributed by atoms with van der Waals surface area (Å²) < 4.78 is 44.9. The number of aryl methyl sites for hydroxylation is 1. The van der Waals surface area contributed by atoms with E-state index in [9.17, 15) is 22.8 Å². The molecule has 0 saturated heterocycles. The van der Waals surface area contributed by atoms with Crippen molar-refractivity contribution in [2.45, 2.75) is 38.8 Å². The number of nitrogens with one attached hydrogen (secondary N) is 1.